The van der Waals surface area contributed by atoms with Gasteiger partial charge in [-0.1, -0.05) is 31.4 Å². The molecule has 0 spiro atoms. The summed E-state index contributed by atoms with van der Waals surface area (Å²) in [7, 11) is 3.96. The highest BCUT2D eigenvalue weighted by atomic mass is 16.5. The molecule has 0 amide bonds. The number of nitrogens with one attached hydrogen (secondary N) is 2. The number of benzene rings is 1. The summed E-state index contributed by atoms with van der Waals surface area (Å²) in [5.41, 5.74) is 4.49. The monoisotopic (exact) mass is 501 g/mol. The molecule has 0 radical (unpaired) electrons. The Morgan fingerprint density at radius 1 is 1.22 bits per heavy atom. The number of hydrogen-bond acceptors (Lipinski definition) is 8. The minimum Gasteiger partial charge on any atom is -0.491 e. The molecule has 0 saturated heterocycles. The molecule has 1 aromatic carbocycles. The lowest BCUT2D eigenvalue weighted by atomic mass is 9.94. The molecule has 3 aromatic heterocycles. The number of nitrogens with zero attached hydrogens (tertiary/aromatic N) is 5. The zero-order chi connectivity index (χ0) is 25.8. The van der Waals surface area contributed by atoms with Crippen LogP contribution >= 0.6 is 0 Å². The van der Waals surface area contributed by atoms with Gasteiger partial charge in [0.05, 0.1) is 5.69 Å². The van der Waals surface area contributed by atoms with Crippen LogP contribution in [0, 0.1) is 6.92 Å². The Hall–Kier alpha value is -3.56. The van der Waals surface area contributed by atoms with Gasteiger partial charge in [-0.15, -0.1) is 0 Å². The van der Waals surface area contributed by atoms with E-state index in [4.69, 9.17) is 14.7 Å². The van der Waals surface area contributed by atoms with Crippen LogP contribution in [0.4, 0.5) is 5.82 Å². The van der Waals surface area contributed by atoms with Crippen molar-refractivity contribution in [2.45, 2.75) is 51.2 Å². The molecule has 9 heteroatoms. The fourth-order valence-corrected chi connectivity index (χ4v) is 5.15. The van der Waals surface area contributed by atoms with E-state index in [9.17, 15) is 5.11 Å². The summed E-state index contributed by atoms with van der Waals surface area (Å²) < 4.78 is 5.86. The lowest BCUT2D eigenvalue weighted by molar-refractivity contribution is 0.108. The third kappa shape index (κ3) is 5.42. The number of rotatable bonds is 9. The van der Waals surface area contributed by atoms with Crippen LogP contribution in [0.15, 0.2) is 43.0 Å². The Balaban J connectivity index is 1.57. The van der Waals surface area contributed by atoms with E-state index in [0.29, 0.717) is 24.2 Å². The first-order valence-corrected chi connectivity index (χ1v) is 13.0. The highest BCUT2D eigenvalue weighted by Gasteiger charge is 2.24. The number of aromatic amines is 1. The molecule has 3 N–H and O–H groups in total. The number of hydrogen-bond donors (Lipinski definition) is 3. The number of likely N-dealkylation sites (N-methyl/N-ethyl adjacent to an activating group) is 1. The Labute approximate surface area is 217 Å². The predicted molar refractivity (Wildman–Crippen MR) is 146 cm³/mol. The zero-order valence-corrected chi connectivity index (χ0v) is 21.7. The molecule has 1 saturated carbocycles. The fraction of sp³-hybridized carbons (Fsp3) is 0.429. The first kappa shape index (κ1) is 25.1. The van der Waals surface area contributed by atoms with Crippen LogP contribution in [-0.2, 0) is 0 Å². The molecule has 37 heavy (non-hydrogen) atoms. The smallest absolute Gasteiger partial charge is 0.162 e. The number of H-pyrrole nitrogens is 1. The van der Waals surface area contributed by atoms with Crippen molar-refractivity contribution in [3.63, 3.8) is 0 Å². The Bertz CT molecular complexity index is 1350. The largest absolute Gasteiger partial charge is 0.491 e. The molecule has 0 bridgehead atoms. The van der Waals surface area contributed by atoms with E-state index in [2.05, 4.69) is 39.1 Å². The van der Waals surface area contributed by atoms with E-state index in [1.54, 1.807) is 13.4 Å². The fourth-order valence-electron chi connectivity index (χ4n) is 5.15. The molecule has 0 unspecified atom stereocenters. The van der Waals surface area contributed by atoms with Gasteiger partial charge in [-0.25, -0.2) is 19.9 Å². The van der Waals surface area contributed by atoms with Crippen molar-refractivity contribution in [2.24, 2.45) is 0 Å². The number of fused-ring (bicyclic) bond motifs is 1. The predicted octanol–water partition coefficient (Wildman–Crippen LogP) is 4.12. The van der Waals surface area contributed by atoms with Gasteiger partial charge in [0, 0.05) is 54.1 Å². The Morgan fingerprint density at radius 3 is 2.86 bits per heavy atom. The molecule has 5 rings (SSSR count). The van der Waals surface area contributed by atoms with E-state index < -0.39 is 6.10 Å². The van der Waals surface area contributed by atoms with Crippen molar-refractivity contribution in [3.05, 3.63) is 48.5 Å². The van der Waals surface area contributed by atoms with Crippen molar-refractivity contribution in [3.8, 4) is 28.4 Å². The summed E-state index contributed by atoms with van der Waals surface area (Å²) in [5, 5.41) is 13.9. The number of aromatic nitrogens is 5. The second-order valence-electron chi connectivity index (χ2n) is 9.78. The summed E-state index contributed by atoms with van der Waals surface area (Å²) >= 11 is 0. The van der Waals surface area contributed by atoms with Gasteiger partial charge in [0.15, 0.2) is 5.82 Å². The Morgan fingerprint density at radius 2 is 2.05 bits per heavy atom. The molecule has 0 aliphatic heterocycles. The van der Waals surface area contributed by atoms with Crippen molar-refractivity contribution >= 4 is 16.9 Å². The van der Waals surface area contributed by atoms with E-state index in [1.807, 2.05) is 36.7 Å². The summed E-state index contributed by atoms with van der Waals surface area (Å²) in [6.45, 7) is 2.77. The van der Waals surface area contributed by atoms with Crippen LogP contribution in [0.3, 0.4) is 0 Å². The molecule has 9 nitrogen and oxygen atoms in total. The number of aliphatic hydroxyl groups is 1. The number of ether oxygens (including phenoxy) is 1. The third-order valence-electron chi connectivity index (χ3n) is 7.16. The van der Waals surface area contributed by atoms with Crippen molar-refractivity contribution in [1.82, 2.24) is 30.2 Å². The summed E-state index contributed by atoms with van der Waals surface area (Å²) in [6, 6.07) is 8.20. The second kappa shape index (κ2) is 11.2. The van der Waals surface area contributed by atoms with Crippen LogP contribution in [-0.4, -0.2) is 69.4 Å². The SMILES string of the molecule is CNC[C@@H](O)COc1cccc(-c2nc(-c3c[nH]c4ncncc34)c(C)c(N(C)C3CCCCC3)n2)c1. The van der Waals surface area contributed by atoms with Gasteiger partial charge < -0.3 is 25.0 Å². The summed E-state index contributed by atoms with van der Waals surface area (Å²) in [4.78, 5) is 24.4. The second-order valence-corrected chi connectivity index (χ2v) is 9.78. The molecule has 1 fully saturated rings. The standard InChI is InChI=1S/C28H35N7O2/c1-18-25(23-15-31-27-24(23)14-30-17-32-27)33-26(34-28(18)35(3)20-9-5-4-6-10-20)19-8-7-11-22(12-19)37-16-21(36)13-29-2/h7-8,11-12,14-15,17,20-21,29,36H,4-6,9-10,13,16H2,1-3H3,(H,30,31,32)/t21-/m1/s1. The van der Waals surface area contributed by atoms with Gasteiger partial charge in [-0.3, -0.25) is 0 Å². The van der Waals surface area contributed by atoms with E-state index in [-0.39, 0.29) is 6.61 Å². The highest BCUT2D eigenvalue weighted by Crippen LogP contribution is 2.36. The molecule has 194 valence electrons. The highest BCUT2D eigenvalue weighted by molar-refractivity contribution is 5.93. The quantitative estimate of drug-likeness (QED) is 0.314. The molecule has 3 heterocycles. The van der Waals surface area contributed by atoms with Crippen LogP contribution in [0.5, 0.6) is 5.75 Å². The molecular weight excluding hydrogens is 466 g/mol. The van der Waals surface area contributed by atoms with Crippen molar-refractivity contribution < 1.29 is 9.84 Å². The topological polar surface area (TPSA) is 112 Å². The van der Waals surface area contributed by atoms with Crippen LogP contribution in [0.2, 0.25) is 0 Å². The normalized spacial score (nSPS) is 15.1. The summed E-state index contributed by atoms with van der Waals surface area (Å²) in [6.07, 6.45) is 10.9. The molecule has 1 atom stereocenters. The average molecular weight is 502 g/mol. The minimum atomic E-state index is -0.587. The van der Waals surface area contributed by atoms with E-state index in [0.717, 1.165) is 39.2 Å². The molecular formula is C28H35N7O2. The molecule has 1 aliphatic carbocycles. The maximum absolute atomic E-state index is 10.0. The van der Waals surface area contributed by atoms with Gasteiger partial charge in [0.1, 0.15) is 36.3 Å². The molecule has 4 aromatic rings. The van der Waals surface area contributed by atoms with Crippen LogP contribution in [0.1, 0.15) is 37.7 Å². The molecule has 1 aliphatic rings. The first-order chi connectivity index (χ1) is 18.0. The van der Waals surface area contributed by atoms with Gasteiger partial charge in [0.25, 0.3) is 0 Å². The number of aliphatic hydroxyl groups excluding tert-OH is 1. The lowest BCUT2D eigenvalue weighted by Gasteiger charge is -2.33. The van der Waals surface area contributed by atoms with Crippen molar-refractivity contribution in [2.75, 3.05) is 32.1 Å². The van der Waals surface area contributed by atoms with Crippen LogP contribution in [0.25, 0.3) is 33.7 Å². The zero-order valence-electron chi connectivity index (χ0n) is 21.7. The maximum Gasteiger partial charge on any atom is 0.162 e. The lowest BCUT2D eigenvalue weighted by Crippen LogP contribution is -2.34. The Kier molecular flexibility index (Phi) is 7.62. The van der Waals surface area contributed by atoms with E-state index >= 15 is 0 Å². The van der Waals surface area contributed by atoms with Gasteiger partial charge in [-0.05, 0) is 38.9 Å². The van der Waals surface area contributed by atoms with Gasteiger partial charge in [-0.2, -0.15) is 0 Å². The first-order valence-electron chi connectivity index (χ1n) is 13.0. The van der Waals surface area contributed by atoms with Gasteiger partial charge in [0.2, 0.25) is 0 Å². The maximum atomic E-state index is 10.0. The minimum absolute atomic E-state index is 0.204. The van der Waals surface area contributed by atoms with E-state index in [1.165, 1.54) is 32.1 Å². The third-order valence-corrected chi connectivity index (χ3v) is 7.16. The average Bonchev–Trinajstić information content (AvgIpc) is 3.36. The van der Waals surface area contributed by atoms with Gasteiger partial charge >= 0.3 is 0 Å². The number of anilines is 1. The van der Waals surface area contributed by atoms with Crippen LogP contribution < -0.4 is 15.0 Å². The van der Waals surface area contributed by atoms with Crippen molar-refractivity contribution in [1.29, 1.82) is 0 Å². The summed E-state index contributed by atoms with van der Waals surface area (Å²) in [5.74, 6) is 2.24.